The monoisotopic (exact) mass is 338 g/mol. The van der Waals surface area contributed by atoms with Gasteiger partial charge in [-0.05, 0) is 45.1 Å². The molecule has 4 saturated heterocycles. The summed E-state index contributed by atoms with van der Waals surface area (Å²) < 4.78 is 0. The second-order valence-corrected chi connectivity index (χ2v) is 7.48. The minimum Gasteiger partial charge on any atom is -0.284 e. The van der Waals surface area contributed by atoms with Crippen LogP contribution in [0.2, 0.25) is 0 Å². The molecule has 3 unspecified atom stereocenters. The Bertz CT molecular complexity index is 370. The molecule has 0 aromatic carbocycles. The third-order valence-corrected chi connectivity index (χ3v) is 5.98. The van der Waals surface area contributed by atoms with Gasteiger partial charge in [0.2, 0.25) is 0 Å². The molecule has 0 aromatic rings. The van der Waals surface area contributed by atoms with E-state index in [0.29, 0.717) is 12.1 Å². The van der Waals surface area contributed by atoms with Crippen LogP contribution in [-0.2, 0) is 0 Å². The molecule has 0 saturated carbocycles. The van der Waals surface area contributed by atoms with Crippen molar-refractivity contribution in [2.45, 2.75) is 56.4 Å². The van der Waals surface area contributed by atoms with Crippen molar-refractivity contribution in [3.8, 4) is 0 Å². The number of hydrogen-bond donors (Lipinski definition) is 6. The first-order valence-electron chi connectivity index (χ1n) is 9.88. The van der Waals surface area contributed by atoms with Crippen LogP contribution in [0.3, 0.4) is 0 Å². The molecule has 8 nitrogen and oxygen atoms in total. The maximum Gasteiger partial charge on any atom is 0.158 e. The summed E-state index contributed by atoms with van der Waals surface area (Å²) in [5.74, 6) is -0.143. The van der Waals surface area contributed by atoms with Gasteiger partial charge in [0.25, 0.3) is 0 Å². The van der Waals surface area contributed by atoms with E-state index in [0.717, 1.165) is 45.8 Å². The Labute approximate surface area is 145 Å². The highest BCUT2D eigenvalue weighted by molar-refractivity contribution is 5.03. The summed E-state index contributed by atoms with van der Waals surface area (Å²) in [7, 11) is 0. The second kappa shape index (κ2) is 7.92. The Balaban J connectivity index is 1.64. The van der Waals surface area contributed by atoms with Crippen molar-refractivity contribution in [2.24, 2.45) is 0 Å². The Hall–Kier alpha value is -0.320. The molecule has 4 rings (SSSR count). The smallest absolute Gasteiger partial charge is 0.158 e. The van der Waals surface area contributed by atoms with Gasteiger partial charge in [-0.1, -0.05) is 0 Å². The highest BCUT2D eigenvalue weighted by Gasteiger charge is 2.52. The number of nitrogens with zero attached hydrogens (tertiary/aromatic N) is 2. The summed E-state index contributed by atoms with van der Waals surface area (Å²) in [6.45, 7) is 7.57. The van der Waals surface area contributed by atoms with E-state index in [2.05, 4.69) is 42.4 Å². The maximum absolute atomic E-state index is 3.96. The van der Waals surface area contributed by atoms with Gasteiger partial charge < -0.3 is 0 Å². The van der Waals surface area contributed by atoms with Gasteiger partial charge >= 0.3 is 0 Å². The molecule has 3 atom stereocenters. The topological polar surface area (TPSA) is 78.7 Å². The summed E-state index contributed by atoms with van der Waals surface area (Å²) in [5, 5.41) is 6.47. The molecule has 0 radical (unpaired) electrons. The Morgan fingerprint density at radius 1 is 0.792 bits per heavy atom. The van der Waals surface area contributed by atoms with Crippen molar-refractivity contribution >= 4 is 0 Å². The van der Waals surface area contributed by atoms with E-state index in [1.807, 2.05) is 0 Å². The maximum atomic E-state index is 3.96. The Morgan fingerprint density at radius 3 is 2.54 bits per heavy atom. The first-order valence-corrected chi connectivity index (χ1v) is 9.88. The largest absolute Gasteiger partial charge is 0.284 e. The molecule has 8 heteroatoms. The van der Waals surface area contributed by atoms with E-state index in [-0.39, 0.29) is 5.79 Å². The summed E-state index contributed by atoms with van der Waals surface area (Å²) in [5.41, 5.74) is 17.4. The highest BCUT2D eigenvalue weighted by atomic mass is 15.7. The molecule has 24 heavy (non-hydrogen) atoms. The van der Waals surface area contributed by atoms with Crippen molar-refractivity contribution in [1.82, 2.24) is 42.4 Å². The molecule has 4 heterocycles. The molecule has 0 aliphatic carbocycles. The first-order chi connectivity index (χ1) is 11.9. The molecule has 4 aliphatic rings. The van der Waals surface area contributed by atoms with Gasteiger partial charge in [-0.15, -0.1) is 0 Å². The van der Waals surface area contributed by atoms with Crippen LogP contribution in [0.1, 0.15) is 38.5 Å². The third-order valence-electron chi connectivity index (χ3n) is 5.98. The van der Waals surface area contributed by atoms with Gasteiger partial charge in [-0.3, -0.25) is 37.3 Å². The van der Waals surface area contributed by atoms with Gasteiger partial charge in [-0.2, -0.15) is 0 Å². The van der Waals surface area contributed by atoms with Gasteiger partial charge in [0.05, 0.1) is 6.04 Å². The molecule has 0 amide bonds. The van der Waals surface area contributed by atoms with E-state index >= 15 is 0 Å². The lowest BCUT2D eigenvalue weighted by Crippen LogP contribution is -2.84. The van der Waals surface area contributed by atoms with E-state index < -0.39 is 0 Å². The van der Waals surface area contributed by atoms with Gasteiger partial charge in [0.1, 0.15) is 0 Å². The number of nitrogens with one attached hydrogen (secondary N) is 6. The van der Waals surface area contributed by atoms with E-state index in [1.165, 1.54) is 38.5 Å². The second-order valence-electron chi connectivity index (χ2n) is 7.48. The average Bonchev–Trinajstić information content (AvgIpc) is 2.70. The van der Waals surface area contributed by atoms with Crippen LogP contribution >= 0.6 is 0 Å². The minimum absolute atomic E-state index is 0.143. The molecular weight excluding hydrogens is 304 g/mol. The van der Waals surface area contributed by atoms with Crippen molar-refractivity contribution in [3.63, 3.8) is 0 Å². The molecule has 0 aromatic heterocycles. The molecule has 0 bridgehead atoms. The van der Waals surface area contributed by atoms with E-state index in [4.69, 9.17) is 0 Å². The number of hydrogen-bond acceptors (Lipinski definition) is 8. The number of hydrazine groups is 3. The van der Waals surface area contributed by atoms with Crippen LogP contribution in [0, 0.1) is 0 Å². The summed E-state index contributed by atoms with van der Waals surface area (Å²) in [6.07, 6.45) is 7.40. The van der Waals surface area contributed by atoms with E-state index in [9.17, 15) is 0 Å². The minimum atomic E-state index is -0.143. The van der Waals surface area contributed by atoms with Crippen molar-refractivity contribution in [3.05, 3.63) is 0 Å². The highest BCUT2D eigenvalue weighted by Crippen LogP contribution is 2.31. The Kier molecular flexibility index (Phi) is 5.65. The SMILES string of the molecule is C1CCN(C2(C3CCCNN3)NCCCN2C2CCNNC2)NC1. The van der Waals surface area contributed by atoms with Crippen LogP contribution < -0.4 is 32.4 Å². The number of rotatable bonds is 3. The lowest BCUT2D eigenvalue weighted by Gasteiger charge is -2.60. The zero-order valence-corrected chi connectivity index (χ0v) is 14.7. The molecule has 0 spiro atoms. The Morgan fingerprint density at radius 2 is 1.79 bits per heavy atom. The zero-order valence-electron chi connectivity index (χ0n) is 14.7. The lowest BCUT2D eigenvalue weighted by atomic mass is 9.94. The van der Waals surface area contributed by atoms with Crippen LogP contribution in [0.5, 0.6) is 0 Å². The van der Waals surface area contributed by atoms with Crippen molar-refractivity contribution in [2.75, 3.05) is 45.8 Å². The average molecular weight is 339 g/mol. The quantitative estimate of drug-likeness (QED) is 0.378. The third kappa shape index (κ3) is 3.22. The summed E-state index contributed by atoms with van der Waals surface area (Å²) in [6, 6.07) is 0.943. The predicted octanol–water partition coefficient (Wildman–Crippen LogP) is -1.34. The van der Waals surface area contributed by atoms with Gasteiger partial charge in [-0.25, -0.2) is 5.01 Å². The summed E-state index contributed by atoms with van der Waals surface area (Å²) in [4.78, 5) is 2.74. The molecule has 4 fully saturated rings. The molecule has 138 valence electrons. The fourth-order valence-corrected chi connectivity index (χ4v) is 4.84. The van der Waals surface area contributed by atoms with Crippen molar-refractivity contribution < 1.29 is 0 Å². The normalized spacial score (nSPS) is 40.5. The van der Waals surface area contributed by atoms with Gasteiger partial charge in [0, 0.05) is 45.3 Å². The van der Waals surface area contributed by atoms with Gasteiger partial charge in [0.15, 0.2) is 5.79 Å². The lowest BCUT2D eigenvalue weighted by molar-refractivity contribution is -0.179. The standard InChI is InChI=1S/C16H34N8/c1-2-12-24(21-9-1)16(15-5-3-8-19-22-15)17-7-4-11-23(16)14-6-10-18-20-13-14/h14-15,17-22H,1-13H2. The fraction of sp³-hybridized carbons (Fsp3) is 1.00. The van der Waals surface area contributed by atoms with Crippen LogP contribution in [0.15, 0.2) is 0 Å². The van der Waals surface area contributed by atoms with Crippen LogP contribution in [0.4, 0.5) is 0 Å². The predicted molar refractivity (Wildman–Crippen MR) is 94.6 cm³/mol. The molecule has 6 N–H and O–H groups in total. The first kappa shape index (κ1) is 17.1. The van der Waals surface area contributed by atoms with Crippen LogP contribution in [0.25, 0.3) is 0 Å². The summed E-state index contributed by atoms with van der Waals surface area (Å²) >= 11 is 0. The van der Waals surface area contributed by atoms with Crippen LogP contribution in [-0.4, -0.2) is 73.6 Å². The zero-order chi connectivity index (χ0) is 16.2. The van der Waals surface area contributed by atoms with E-state index in [1.54, 1.807) is 0 Å². The molecular formula is C16H34N8. The fourth-order valence-electron chi connectivity index (χ4n) is 4.84. The molecule has 4 aliphatic heterocycles. The van der Waals surface area contributed by atoms with Crippen molar-refractivity contribution in [1.29, 1.82) is 0 Å².